The number of benzene rings is 1. The highest BCUT2D eigenvalue weighted by Gasteiger charge is 2.28. The monoisotopic (exact) mass is 293 g/mol. The van der Waals surface area contributed by atoms with Crippen LogP contribution in [0.1, 0.15) is 19.3 Å². The van der Waals surface area contributed by atoms with Crippen LogP contribution in [0.4, 0.5) is 5.69 Å². The lowest BCUT2D eigenvalue weighted by Crippen LogP contribution is -2.48. The first-order chi connectivity index (χ1) is 9.74. The minimum Gasteiger partial charge on any atom is -0.370 e. The predicted octanol–water partition coefficient (Wildman–Crippen LogP) is 1.79. The van der Waals surface area contributed by atoms with E-state index < -0.39 is 0 Å². The van der Waals surface area contributed by atoms with Crippen LogP contribution in [-0.2, 0) is 4.79 Å². The second-order valence-electron chi connectivity index (χ2n) is 5.51. The first-order valence-electron chi connectivity index (χ1n) is 7.27. The van der Waals surface area contributed by atoms with Crippen LogP contribution < -0.4 is 15.5 Å². The Kier molecular flexibility index (Phi) is 4.13. The number of halogens is 1. The molecule has 1 aromatic rings. The summed E-state index contributed by atoms with van der Waals surface area (Å²) in [6, 6.07) is 8.42. The summed E-state index contributed by atoms with van der Waals surface area (Å²) < 4.78 is 0. The zero-order valence-electron chi connectivity index (χ0n) is 11.4. The van der Waals surface area contributed by atoms with E-state index >= 15 is 0 Å². The molecule has 1 aromatic carbocycles. The average molecular weight is 294 g/mol. The summed E-state index contributed by atoms with van der Waals surface area (Å²) in [5.74, 6) is 0.151. The third-order valence-corrected chi connectivity index (χ3v) is 4.49. The van der Waals surface area contributed by atoms with Crippen LogP contribution in [-0.4, -0.2) is 37.6 Å². The smallest absolute Gasteiger partial charge is 0.237 e. The molecule has 20 heavy (non-hydrogen) atoms. The predicted molar refractivity (Wildman–Crippen MR) is 81.2 cm³/mol. The maximum Gasteiger partial charge on any atom is 0.237 e. The van der Waals surface area contributed by atoms with Crippen molar-refractivity contribution in [3.05, 3.63) is 29.3 Å². The normalized spacial score (nSPS) is 23.9. The van der Waals surface area contributed by atoms with Crippen molar-refractivity contribution in [1.82, 2.24) is 10.6 Å². The largest absolute Gasteiger partial charge is 0.370 e. The topological polar surface area (TPSA) is 44.4 Å². The zero-order valence-corrected chi connectivity index (χ0v) is 12.2. The molecular weight excluding hydrogens is 274 g/mol. The number of nitrogens with one attached hydrogen (secondary N) is 2. The van der Waals surface area contributed by atoms with Crippen LogP contribution in [0.5, 0.6) is 0 Å². The summed E-state index contributed by atoms with van der Waals surface area (Å²) in [5, 5.41) is 7.17. The van der Waals surface area contributed by atoms with Crippen molar-refractivity contribution in [1.29, 1.82) is 0 Å². The van der Waals surface area contributed by atoms with Gasteiger partial charge in [0.1, 0.15) is 0 Å². The molecule has 3 rings (SSSR count). The van der Waals surface area contributed by atoms with Gasteiger partial charge in [0.25, 0.3) is 0 Å². The second-order valence-corrected chi connectivity index (χ2v) is 5.92. The van der Waals surface area contributed by atoms with E-state index in [9.17, 15) is 4.79 Å². The molecule has 0 spiro atoms. The molecule has 2 fully saturated rings. The molecule has 1 atom stereocenters. The molecule has 4 nitrogen and oxygen atoms in total. The van der Waals surface area contributed by atoms with Crippen LogP contribution >= 0.6 is 11.6 Å². The van der Waals surface area contributed by atoms with Crippen molar-refractivity contribution in [3.8, 4) is 0 Å². The standard InChI is InChI=1S/C15H20ClN3O/c16-12-3-1-2-4-14(12)19-9-6-11(7-10-19)18-13-5-8-17-15(13)20/h1-4,11,13,18H,5-10H2,(H,17,20). The number of carbonyl (C=O) groups is 1. The molecule has 0 radical (unpaired) electrons. The lowest BCUT2D eigenvalue weighted by atomic mass is 10.0. The third-order valence-electron chi connectivity index (χ3n) is 4.17. The van der Waals surface area contributed by atoms with E-state index in [-0.39, 0.29) is 11.9 Å². The van der Waals surface area contributed by atoms with E-state index in [2.05, 4.69) is 21.6 Å². The van der Waals surface area contributed by atoms with Crippen molar-refractivity contribution < 1.29 is 4.79 Å². The van der Waals surface area contributed by atoms with Gasteiger partial charge >= 0.3 is 0 Å². The number of hydrogen-bond donors (Lipinski definition) is 2. The van der Waals surface area contributed by atoms with E-state index in [0.29, 0.717) is 6.04 Å². The SMILES string of the molecule is O=C1NCCC1NC1CCN(c2ccccc2Cl)CC1. The van der Waals surface area contributed by atoms with Crippen LogP contribution in [0.15, 0.2) is 24.3 Å². The lowest BCUT2D eigenvalue weighted by molar-refractivity contribution is -0.121. The summed E-state index contributed by atoms with van der Waals surface area (Å²) in [6.07, 6.45) is 3.01. The van der Waals surface area contributed by atoms with Gasteiger partial charge in [-0.25, -0.2) is 0 Å². The molecule has 2 saturated heterocycles. The van der Waals surface area contributed by atoms with Gasteiger partial charge in [-0.2, -0.15) is 0 Å². The highest BCUT2D eigenvalue weighted by molar-refractivity contribution is 6.33. The molecule has 0 saturated carbocycles. The fourth-order valence-electron chi connectivity index (χ4n) is 3.03. The number of piperidine rings is 1. The van der Waals surface area contributed by atoms with Crippen LogP contribution in [0, 0.1) is 0 Å². The summed E-state index contributed by atoms with van der Waals surface area (Å²) in [6.45, 7) is 2.76. The summed E-state index contributed by atoms with van der Waals surface area (Å²) in [5.41, 5.74) is 1.12. The summed E-state index contributed by atoms with van der Waals surface area (Å²) in [7, 11) is 0. The number of para-hydroxylation sites is 1. The van der Waals surface area contributed by atoms with Gasteiger partial charge in [-0.3, -0.25) is 4.79 Å². The van der Waals surface area contributed by atoms with E-state index in [1.165, 1.54) is 0 Å². The van der Waals surface area contributed by atoms with Gasteiger partial charge in [-0.05, 0) is 31.4 Å². The number of carbonyl (C=O) groups excluding carboxylic acids is 1. The maximum atomic E-state index is 11.6. The van der Waals surface area contributed by atoms with Crippen LogP contribution in [0.25, 0.3) is 0 Å². The average Bonchev–Trinajstić information content (AvgIpc) is 2.86. The van der Waals surface area contributed by atoms with E-state index in [4.69, 9.17) is 11.6 Å². The quantitative estimate of drug-likeness (QED) is 0.893. The molecular formula is C15H20ClN3O. The Balaban J connectivity index is 1.54. The molecule has 1 unspecified atom stereocenters. The number of rotatable bonds is 3. The summed E-state index contributed by atoms with van der Waals surface area (Å²) in [4.78, 5) is 13.9. The van der Waals surface area contributed by atoms with Crippen molar-refractivity contribution in [3.63, 3.8) is 0 Å². The molecule has 1 amide bonds. The minimum atomic E-state index is 0.00635. The van der Waals surface area contributed by atoms with Crippen molar-refractivity contribution in [2.75, 3.05) is 24.5 Å². The molecule has 0 aromatic heterocycles. The van der Waals surface area contributed by atoms with E-state index in [1.807, 2.05) is 18.2 Å². The highest BCUT2D eigenvalue weighted by atomic mass is 35.5. The molecule has 2 heterocycles. The molecule has 0 bridgehead atoms. The fourth-order valence-corrected chi connectivity index (χ4v) is 3.29. The number of amides is 1. The zero-order chi connectivity index (χ0) is 13.9. The number of hydrogen-bond acceptors (Lipinski definition) is 3. The fraction of sp³-hybridized carbons (Fsp3) is 0.533. The summed E-state index contributed by atoms with van der Waals surface area (Å²) >= 11 is 6.24. The Morgan fingerprint density at radius 2 is 1.95 bits per heavy atom. The first-order valence-corrected chi connectivity index (χ1v) is 7.65. The highest BCUT2D eigenvalue weighted by Crippen LogP contribution is 2.27. The minimum absolute atomic E-state index is 0.00635. The van der Waals surface area contributed by atoms with Gasteiger partial charge in [0, 0.05) is 25.7 Å². The molecule has 0 aliphatic carbocycles. The van der Waals surface area contributed by atoms with Crippen molar-refractivity contribution in [2.45, 2.75) is 31.3 Å². The molecule has 2 N–H and O–H groups in total. The Bertz CT molecular complexity index is 486. The molecule has 5 heteroatoms. The number of nitrogens with zero attached hydrogens (tertiary/aromatic N) is 1. The molecule has 2 aliphatic heterocycles. The van der Waals surface area contributed by atoms with Crippen molar-refractivity contribution >= 4 is 23.2 Å². The van der Waals surface area contributed by atoms with Crippen LogP contribution in [0.3, 0.4) is 0 Å². The van der Waals surface area contributed by atoms with Gasteiger partial charge < -0.3 is 15.5 Å². The van der Waals surface area contributed by atoms with E-state index in [1.54, 1.807) is 0 Å². The van der Waals surface area contributed by atoms with Gasteiger partial charge in [0.2, 0.25) is 5.91 Å². The van der Waals surface area contributed by atoms with Gasteiger partial charge in [0.15, 0.2) is 0 Å². The van der Waals surface area contributed by atoms with Gasteiger partial charge in [-0.1, -0.05) is 23.7 Å². The molecule has 108 valence electrons. The third kappa shape index (κ3) is 2.91. The first kappa shape index (κ1) is 13.7. The Morgan fingerprint density at radius 1 is 1.20 bits per heavy atom. The van der Waals surface area contributed by atoms with Gasteiger partial charge in [-0.15, -0.1) is 0 Å². The van der Waals surface area contributed by atoms with Crippen molar-refractivity contribution in [2.24, 2.45) is 0 Å². The van der Waals surface area contributed by atoms with Crippen LogP contribution in [0.2, 0.25) is 5.02 Å². The Hall–Kier alpha value is -1.26. The molecule has 2 aliphatic rings. The van der Waals surface area contributed by atoms with E-state index in [0.717, 1.165) is 49.6 Å². The Morgan fingerprint density at radius 3 is 2.60 bits per heavy atom. The van der Waals surface area contributed by atoms with Gasteiger partial charge in [0.05, 0.1) is 16.8 Å². The Labute approximate surface area is 124 Å². The maximum absolute atomic E-state index is 11.6. The second kappa shape index (κ2) is 6.02. The number of anilines is 1. The lowest BCUT2D eigenvalue weighted by Gasteiger charge is -2.35.